The van der Waals surface area contributed by atoms with Gasteiger partial charge in [0.15, 0.2) is 34.9 Å². The molecule has 236 valence electrons. The Balaban J connectivity index is 1.10. The fourth-order valence-corrected chi connectivity index (χ4v) is 7.03. The molecule has 0 unspecified atom stereocenters. The van der Waals surface area contributed by atoms with E-state index in [1.54, 1.807) is 22.7 Å². The molecule has 0 atom stereocenters. The molecule has 6 nitrogen and oxygen atoms in total. The zero-order valence-corrected chi connectivity index (χ0v) is 28.5. The first-order chi connectivity index (χ1) is 24.0. The lowest BCUT2D eigenvalue weighted by molar-refractivity contribution is 0.641. The average molecular weight is 671 g/mol. The summed E-state index contributed by atoms with van der Waals surface area (Å²) in [6.45, 7) is 4.49. The van der Waals surface area contributed by atoms with Crippen LogP contribution in [0.1, 0.15) is 25.0 Å². The molecule has 0 bridgehead atoms. The lowest BCUT2D eigenvalue weighted by atomic mass is 9.77. The number of hydrogen-bond acceptors (Lipinski definition) is 8. The normalized spacial score (nSPS) is 11.5. The Morgan fingerprint density at radius 1 is 0.347 bits per heavy atom. The van der Waals surface area contributed by atoms with E-state index >= 15 is 0 Å². The fraction of sp³-hybridized carbons (Fsp3) is 0.0732. The summed E-state index contributed by atoms with van der Waals surface area (Å²) in [5.74, 6) is 3.99. The lowest BCUT2D eigenvalue weighted by Crippen LogP contribution is -2.18. The van der Waals surface area contributed by atoms with Crippen LogP contribution in [0.15, 0.2) is 144 Å². The van der Waals surface area contributed by atoms with E-state index < -0.39 is 0 Å². The van der Waals surface area contributed by atoms with Gasteiger partial charge in [-0.2, -0.15) is 0 Å². The summed E-state index contributed by atoms with van der Waals surface area (Å²) in [4.78, 5) is 31.2. The van der Waals surface area contributed by atoms with Crippen LogP contribution < -0.4 is 0 Å². The molecule has 4 aromatic carbocycles. The first kappa shape index (κ1) is 30.6. The van der Waals surface area contributed by atoms with Crippen molar-refractivity contribution >= 4 is 22.7 Å². The quantitative estimate of drug-likeness (QED) is 0.160. The van der Waals surface area contributed by atoms with Crippen molar-refractivity contribution in [2.24, 2.45) is 0 Å². The molecule has 0 spiro atoms. The van der Waals surface area contributed by atoms with Crippen molar-refractivity contribution in [2.45, 2.75) is 19.3 Å². The highest BCUT2D eigenvalue weighted by Gasteiger charge is 2.24. The summed E-state index contributed by atoms with van der Waals surface area (Å²) in [7, 11) is 0. The molecular formula is C41H30N6S2. The SMILES string of the molecule is CC(C)(c1ccc(-c2nc(-c3ccccc3)nc(-c3cccs3)n2)cc1)c1ccc(-c2nc(-c3ccccc3)nc(-c3cccs3)n2)cc1. The second kappa shape index (κ2) is 13.1. The van der Waals surface area contributed by atoms with Gasteiger partial charge in [-0.1, -0.05) is 135 Å². The van der Waals surface area contributed by atoms with Gasteiger partial charge in [0.25, 0.3) is 0 Å². The second-order valence-electron chi connectivity index (χ2n) is 12.1. The number of aromatic nitrogens is 6. The summed E-state index contributed by atoms with van der Waals surface area (Å²) >= 11 is 3.25. The molecular weight excluding hydrogens is 641 g/mol. The first-order valence-electron chi connectivity index (χ1n) is 15.9. The van der Waals surface area contributed by atoms with Gasteiger partial charge in [-0.25, -0.2) is 29.9 Å². The third kappa shape index (κ3) is 6.32. The molecule has 0 N–H and O–H groups in total. The Bertz CT molecular complexity index is 2150. The molecule has 0 radical (unpaired) electrons. The third-order valence-corrected chi connectivity index (χ3v) is 10.3. The molecule has 0 aliphatic carbocycles. The van der Waals surface area contributed by atoms with Crippen LogP contribution in [0.4, 0.5) is 0 Å². The first-order valence-corrected chi connectivity index (χ1v) is 17.7. The molecule has 0 saturated carbocycles. The molecule has 0 fully saturated rings. The maximum absolute atomic E-state index is 4.89. The summed E-state index contributed by atoms with van der Waals surface area (Å²) in [5, 5.41) is 4.08. The lowest BCUT2D eigenvalue weighted by Gasteiger charge is -2.26. The van der Waals surface area contributed by atoms with Crippen LogP contribution in [0.2, 0.25) is 0 Å². The van der Waals surface area contributed by atoms with Crippen LogP contribution in [-0.2, 0) is 5.41 Å². The molecule has 0 amide bonds. The van der Waals surface area contributed by atoms with Crippen molar-refractivity contribution < 1.29 is 0 Å². The third-order valence-electron chi connectivity index (χ3n) is 8.55. The minimum Gasteiger partial charge on any atom is -0.208 e. The van der Waals surface area contributed by atoms with Crippen LogP contribution in [0.5, 0.6) is 0 Å². The van der Waals surface area contributed by atoms with Crippen LogP contribution >= 0.6 is 22.7 Å². The Morgan fingerprint density at radius 2 is 0.673 bits per heavy atom. The van der Waals surface area contributed by atoms with E-state index in [0.29, 0.717) is 34.9 Å². The molecule has 8 heteroatoms. The van der Waals surface area contributed by atoms with Crippen LogP contribution in [0.3, 0.4) is 0 Å². The summed E-state index contributed by atoms with van der Waals surface area (Å²) in [6.07, 6.45) is 0. The Labute approximate surface area is 293 Å². The van der Waals surface area contributed by atoms with Crippen LogP contribution in [0.25, 0.3) is 67.0 Å². The van der Waals surface area contributed by atoms with Gasteiger partial charge >= 0.3 is 0 Å². The second-order valence-corrected chi connectivity index (χ2v) is 14.0. The highest BCUT2D eigenvalue weighted by Crippen LogP contribution is 2.35. The Hall–Kier alpha value is -5.70. The van der Waals surface area contributed by atoms with Gasteiger partial charge in [0.1, 0.15) is 0 Å². The number of rotatable bonds is 8. The number of benzene rings is 4. The highest BCUT2D eigenvalue weighted by molar-refractivity contribution is 7.13. The fourth-order valence-electron chi connectivity index (χ4n) is 5.71. The van der Waals surface area contributed by atoms with Crippen LogP contribution in [0, 0.1) is 0 Å². The molecule has 0 saturated heterocycles. The number of hydrogen-bond donors (Lipinski definition) is 0. The molecule has 8 aromatic rings. The molecule has 49 heavy (non-hydrogen) atoms. The number of thiophene rings is 2. The molecule has 0 aliphatic heterocycles. The van der Waals surface area contributed by atoms with E-state index in [1.807, 2.05) is 95.7 Å². The van der Waals surface area contributed by atoms with Gasteiger partial charge in [-0.3, -0.25) is 0 Å². The zero-order chi connectivity index (χ0) is 33.2. The largest absolute Gasteiger partial charge is 0.208 e. The van der Waals surface area contributed by atoms with Crippen molar-refractivity contribution in [3.05, 3.63) is 155 Å². The van der Waals surface area contributed by atoms with Crippen molar-refractivity contribution in [3.8, 4) is 67.0 Å². The summed E-state index contributed by atoms with van der Waals surface area (Å²) < 4.78 is 0. The van der Waals surface area contributed by atoms with E-state index in [1.165, 1.54) is 11.1 Å². The van der Waals surface area contributed by atoms with E-state index in [9.17, 15) is 0 Å². The van der Waals surface area contributed by atoms with E-state index in [2.05, 4.69) is 62.4 Å². The predicted molar refractivity (Wildman–Crippen MR) is 200 cm³/mol. The van der Waals surface area contributed by atoms with E-state index in [0.717, 1.165) is 32.0 Å². The Morgan fingerprint density at radius 3 is 1.00 bits per heavy atom. The maximum Gasteiger partial charge on any atom is 0.174 e. The van der Waals surface area contributed by atoms with Gasteiger partial charge in [-0.05, 0) is 34.0 Å². The topological polar surface area (TPSA) is 77.3 Å². The minimum atomic E-state index is -0.260. The monoisotopic (exact) mass is 670 g/mol. The van der Waals surface area contributed by atoms with Gasteiger partial charge in [0, 0.05) is 27.7 Å². The molecule has 0 aliphatic rings. The van der Waals surface area contributed by atoms with Crippen molar-refractivity contribution in [2.75, 3.05) is 0 Å². The average Bonchev–Trinajstić information content (AvgIpc) is 3.92. The van der Waals surface area contributed by atoms with E-state index in [4.69, 9.17) is 29.9 Å². The number of nitrogens with zero attached hydrogens (tertiary/aromatic N) is 6. The van der Waals surface area contributed by atoms with Crippen molar-refractivity contribution in [1.29, 1.82) is 0 Å². The molecule has 4 aromatic heterocycles. The smallest absolute Gasteiger partial charge is 0.174 e. The molecule has 8 rings (SSSR count). The standard InChI is InChI=1S/C41H30N6S2/c1-41(2,31-21-17-29(18-22-31)37-42-35(27-11-5-3-6-12-27)44-39(46-37)33-15-9-25-48-33)32-23-19-30(20-24-32)38-43-36(28-13-7-4-8-14-28)45-40(47-38)34-16-10-26-49-34/h3-26H,1-2H3. The van der Waals surface area contributed by atoms with Crippen molar-refractivity contribution in [1.82, 2.24) is 29.9 Å². The highest BCUT2D eigenvalue weighted by atomic mass is 32.1. The zero-order valence-electron chi connectivity index (χ0n) is 26.9. The predicted octanol–water partition coefficient (Wildman–Crippen LogP) is 10.5. The maximum atomic E-state index is 4.89. The van der Waals surface area contributed by atoms with Gasteiger partial charge < -0.3 is 0 Å². The molecule has 4 heterocycles. The van der Waals surface area contributed by atoms with Crippen LogP contribution in [-0.4, -0.2) is 29.9 Å². The summed E-state index contributed by atoms with van der Waals surface area (Å²) in [6, 6.07) is 45.3. The van der Waals surface area contributed by atoms with Gasteiger partial charge in [-0.15, -0.1) is 22.7 Å². The van der Waals surface area contributed by atoms with Gasteiger partial charge in [0.05, 0.1) is 9.75 Å². The minimum absolute atomic E-state index is 0.260. The van der Waals surface area contributed by atoms with Gasteiger partial charge in [0.2, 0.25) is 0 Å². The van der Waals surface area contributed by atoms with E-state index in [-0.39, 0.29) is 5.41 Å². The Kier molecular flexibility index (Phi) is 8.17. The van der Waals surface area contributed by atoms with Crippen molar-refractivity contribution in [3.63, 3.8) is 0 Å². The summed E-state index contributed by atoms with van der Waals surface area (Å²) in [5.41, 5.74) is 5.92.